The molecule has 1 saturated heterocycles. The standard InChI is InChI=1S/C15H27N3O/c1-12(2)8-16-9-14-5-4-6-18(10-14)11-15-7-13(3)19-17-15/h7,12,14,16H,4-6,8-11H2,1-3H3. The molecule has 1 N–H and O–H groups in total. The summed E-state index contributed by atoms with van der Waals surface area (Å²) in [4.78, 5) is 2.50. The molecule has 1 aromatic heterocycles. The fraction of sp³-hybridized carbons (Fsp3) is 0.800. The van der Waals surface area contributed by atoms with E-state index >= 15 is 0 Å². The van der Waals surface area contributed by atoms with E-state index in [0.29, 0.717) is 0 Å². The molecule has 2 rings (SSSR count). The highest BCUT2D eigenvalue weighted by Gasteiger charge is 2.20. The van der Waals surface area contributed by atoms with Gasteiger partial charge >= 0.3 is 0 Å². The zero-order valence-electron chi connectivity index (χ0n) is 12.5. The molecule has 0 aromatic carbocycles. The molecule has 0 amide bonds. The van der Waals surface area contributed by atoms with Crippen LogP contribution in [0.2, 0.25) is 0 Å². The molecular formula is C15H27N3O. The Balaban J connectivity index is 1.74. The Kier molecular flexibility index (Phi) is 5.40. The van der Waals surface area contributed by atoms with E-state index in [2.05, 4.69) is 29.2 Å². The van der Waals surface area contributed by atoms with Crippen LogP contribution in [-0.2, 0) is 6.54 Å². The number of hydrogen-bond donors (Lipinski definition) is 1. The van der Waals surface area contributed by atoms with E-state index in [0.717, 1.165) is 42.9 Å². The highest BCUT2D eigenvalue weighted by atomic mass is 16.5. The van der Waals surface area contributed by atoms with Gasteiger partial charge in [0.25, 0.3) is 0 Å². The molecule has 1 atom stereocenters. The van der Waals surface area contributed by atoms with Crippen LogP contribution in [0.15, 0.2) is 10.6 Å². The fourth-order valence-electron chi connectivity index (χ4n) is 2.76. The van der Waals surface area contributed by atoms with Gasteiger partial charge in [-0.2, -0.15) is 0 Å². The van der Waals surface area contributed by atoms with E-state index in [-0.39, 0.29) is 0 Å². The van der Waals surface area contributed by atoms with Crippen LogP contribution in [0, 0.1) is 18.8 Å². The largest absolute Gasteiger partial charge is 0.361 e. The molecule has 2 heterocycles. The van der Waals surface area contributed by atoms with Crippen molar-refractivity contribution in [3.8, 4) is 0 Å². The Labute approximate surface area is 116 Å². The molecule has 1 aliphatic rings. The van der Waals surface area contributed by atoms with Crippen LogP contribution in [0.5, 0.6) is 0 Å². The van der Waals surface area contributed by atoms with Crippen molar-refractivity contribution in [3.05, 3.63) is 17.5 Å². The van der Waals surface area contributed by atoms with Crippen molar-refractivity contribution in [3.63, 3.8) is 0 Å². The predicted octanol–water partition coefficient (Wildman–Crippen LogP) is 2.44. The lowest BCUT2D eigenvalue weighted by molar-refractivity contribution is 0.161. The third kappa shape index (κ3) is 4.96. The normalized spacial score (nSPS) is 21.2. The van der Waals surface area contributed by atoms with Gasteiger partial charge in [-0.3, -0.25) is 4.90 Å². The van der Waals surface area contributed by atoms with E-state index in [1.165, 1.54) is 25.9 Å². The summed E-state index contributed by atoms with van der Waals surface area (Å²) in [6.45, 7) is 12.0. The van der Waals surface area contributed by atoms with Crippen LogP contribution in [0.25, 0.3) is 0 Å². The first-order valence-electron chi connectivity index (χ1n) is 7.48. The van der Waals surface area contributed by atoms with Gasteiger partial charge in [0.2, 0.25) is 0 Å². The number of likely N-dealkylation sites (tertiary alicyclic amines) is 1. The van der Waals surface area contributed by atoms with Gasteiger partial charge in [0.05, 0.1) is 5.69 Å². The molecule has 108 valence electrons. The quantitative estimate of drug-likeness (QED) is 0.858. The number of piperidine rings is 1. The molecule has 4 heteroatoms. The first kappa shape index (κ1) is 14.5. The zero-order valence-corrected chi connectivity index (χ0v) is 12.5. The molecule has 0 radical (unpaired) electrons. The maximum atomic E-state index is 5.14. The van der Waals surface area contributed by atoms with Crippen molar-refractivity contribution in [2.75, 3.05) is 26.2 Å². The Morgan fingerprint density at radius 3 is 3.05 bits per heavy atom. The fourth-order valence-corrected chi connectivity index (χ4v) is 2.76. The van der Waals surface area contributed by atoms with Crippen molar-refractivity contribution >= 4 is 0 Å². The summed E-state index contributed by atoms with van der Waals surface area (Å²) in [5.74, 6) is 2.42. The third-order valence-electron chi connectivity index (χ3n) is 3.65. The summed E-state index contributed by atoms with van der Waals surface area (Å²) in [6.07, 6.45) is 2.64. The van der Waals surface area contributed by atoms with E-state index in [9.17, 15) is 0 Å². The predicted molar refractivity (Wildman–Crippen MR) is 76.9 cm³/mol. The second-order valence-corrected chi connectivity index (χ2v) is 6.22. The molecule has 0 spiro atoms. The SMILES string of the molecule is Cc1cc(CN2CCCC(CNCC(C)C)C2)no1. The Bertz CT molecular complexity index is 375. The molecule has 4 nitrogen and oxygen atoms in total. The van der Waals surface area contributed by atoms with Gasteiger partial charge in [0.15, 0.2) is 0 Å². The topological polar surface area (TPSA) is 41.3 Å². The highest BCUT2D eigenvalue weighted by molar-refractivity contribution is 5.03. The second kappa shape index (κ2) is 7.06. The highest BCUT2D eigenvalue weighted by Crippen LogP contribution is 2.18. The molecule has 0 bridgehead atoms. The molecule has 0 saturated carbocycles. The first-order chi connectivity index (χ1) is 9.13. The molecule has 1 unspecified atom stereocenters. The van der Waals surface area contributed by atoms with Crippen molar-refractivity contribution in [2.24, 2.45) is 11.8 Å². The molecule has 1 fully saturated rings. The summed E-state index contributed by atoms with van der Waals surface area (Å²) in [6, 6.07) is 2.04. The second-order valence-electron chi connectivity index (χ2n) is 6.22. The number of aryl methyl sites for hydroxylation is 1. The first-order valence-corrected chi connectivity index (χ1v) is 7.48. The summed E-state index contributed by atoms with van der Waals surface area (Å²) in [5, 5.41) is 7.67. The molecular weight excluding hydrogens is 238 g/mol. The van der Waals surface area contributed by atoms with Gasteiger partial charge < -0.3 is 9.84 Å². The van der Waals surface area contributed by atoms with Crippen LogP contribution < -0.4 is 5.32 Å². The number of nitrogens with one attached hydrogen (secondary N) is 1. The maximum Gasteiger partial charge on any atom is 0.133 e. The average molecular weight is 265 g/mol. The minimum atomic E-state index is 0.734. The van der Waals surface area contributed by atoms with Crippen molar-refractivity contribution in [2.45, 2.75) is 40.2 Å². The van der Waals surface area contributed by atoms with E-state index in [1.54, 1.807) is 0 Å². The van der Waals surface area contributed by atoms with E-state index in [1.807, 2.05) is 13.0 Å². The third-order valence-corrected chi connectivity index (χ3v) is 3.65. The Morgan fingerprint density at radius 2 is 2.37 bits per heavy atom. The van der Waals surface area contributed by atoms with E-state index in [4.69, 9.17) is 4.52 Å². The lowest BCUT2D eigenvalue weighted by Gasteiger charge is -2.32. The Morgan fingerprint density at radius 1 is 1.53 bits per heavy atom. The van der Waals surface area contributed by atoms with Gasteiger partial charge in [-0.25, -0.2) is 0 Å². The van der Waals surface area contributed by atoms with Crippen molar-refractivity contribution in [1.82, 2.24) is 15.4 Å². The lowest BCUT2D eigenvalue weighted by atomic mass is 9.97. The summed E-state index contributed by atoms with van der Waals surface area (Å²) < 4.78 is 5.14. The van der Waals surface area contributed by atoms with Crippen molar-refractivity contribution in [1.29, 1.82) is 0 Å². The van der Waals surface area contributed by atoms with Gasteiger partial charge in [0, 0.05) is 19.2 Å². The molecule has 19 heavy (non-hydrogen) atoms. The zero-order chi connectivity index (χ0) is 13.7. The molecule has 1 aliphatic heterocycles. The minimum absolute atomic E-state index is 0.734. The van der Waals surface area contributed by atoms with Gasteiger partial charge in [-0.15, -0.1) is 0 Å². The number of hydrogen-bond acceptors (Lipinski definition) is 4. The monoisotopic (exact) mass is 265 g/mol. The summed E-state index contributed by atoms with van der Waals surface area (Å²) in [7, 11) is 0. The molecule has 1 aromatic rings. The van der Waals surface area contributed by atoms with Crippen LogP contribution in [0.1, 0.15) is 38.1 Å². The van der Waals surface area contributed by atoms with Crippen molar-refractivity contribution < 1.29 is 4.52 Å². The minimum Gasteiger partial charge on any atom is -0.361 e. The smallest absolute Gasteiger partial charge is 0.133 e. The maximum absolute atomic E-state index is 5.14. The Hall–Kier alpha value is -0.870. The van der Waals surface area contributed by atoms with E-state index < -0.39 is 0 Å². The lowest BCUT2D eigenvalue weighted by Crippen LogP contribution is -2.39. The van der Waals surface area contributed by atoms with Crippen LogP contribution in [-0.4, -0.2) is 36.2 Å². The molecule has 0 aliphatic carbocycles. The average Bonchev–Trinajstić information content (AvgIpc) is 2.75. The van der Waals surface area contributed by atoms with Gasteiger partial charge in [-0.1, -0.05) is 19.0 Å². The number of rotatable bonds is 6. The number of nitrogens with zero attached hydrogens (tertiary/aromatic N) is 2. The summed E-state index contributed by atoms with van der Waals surface area (Å²) in [5.41, 5.74) is 1.06. The van der Waals surface area contributed by atoms with Crippen LogP contribution >= 0.6 is 0 Å². The van der Waals surface area contributed by atoms with Gasteiger partial charge in [0.1, 0.15) is 5.76 Å². The summed E-state index contributed by atoms with van der Waals surface area (Å²) >= 11 is 0. The van der Waals surface area contributed by atoms with Crippen LogP contribution in [0.3, 0.4) is 0 Å². The van der Waals surface area contributed by atoms with Gasteiger partial charge in [-0.05, 0) is 51.2 Å². The number of aromatic nitrogens is 1. The van der Waals surface area contributed by atoms with Crippen LogP contribution in [0.4, 0.5) is 0 Å².